The number of fused-ring (bicyclic) bond motifs is 1. The van der Waals surface area contributed by atoms with E-state index in [9.17, 15) is 13.2 Å². The number of rotatable bonds is 5. The van der Waals surface area contributed by atoms with E-state index in [0.29, 0.717) is 6.54 Å². The molecule has 24 heavy (non-hydrogen) atoms. The Morgan fingerprint density at radius 3 is 2.46 bits per heavy atom. The van der Waals surface area contributed by atoms with Crippen LogP contribution in [-0.4, -0.2) is 19.3 Å². The summed E-state index contributed by atoms with van der Waals surface area (Å²) >= 11 is 0. The lowest BCUT2D eigenvalue weighted by Crippen LogP contribution is -2.24. The maximum absolute atomic E-state index is 12.1. The zero-order chi connectivity index (χ0) is 17.2. The SMILES string of the molecule is NS(=O)(=O)c1ccc(CNC(=O)Cc2ccc3[nH]ccc3c2)cc1. The van der Waals surface area contributed by atoms with Gasteiger partial charge < -0.3 is 10.3 Å². The fraction of sp³-hybridized carbons (Fsp3) is 0.118. The summed E-state index contributed by atoms with van der Waals surface area (Å²) in [5, 5.41) is 8.94. The number of nitrogens with one attached hydrogen (secondary N) is 2. The van der Waals surface area contributed by atoms with Crippen molar-refractivity contribution in [2.24, 2.45) is 5.14 Å². The van der Waals surface area contributed by atoms with Gasteiger partial charge in [0.2, 0.25) is 15.9 Å². The lowest BCUT2D eigenvalue weighted by molar-refractivity contribution is -0.120. The number of nitrogens with two attached hydrogens (primary N) is 1. The number of benzene rings is 2. The van der Waals surface area contributed by atoms with Crippen LogP contribution in [0.5, 0.6) is 0 Å². The van der Waals surface area contributed by atoms with Crippen molar-refractivity contribution in [1.29, 1.82) is 0 Å². The number of primary sulfonamides is 1. The van der Waals surface area contributed by atoms with E-state index in [1.165, 1.54) is 12.1 Å². The third kappa shape index (κ3) is 3.81. The molecule has 2 aromatic carbocycles. The second kappa shape index (κ2) is 6.46. The molecule has 0 saturated carbocycles. The number of sulfonamides is 1. The summed E-state index contributed by atoms with van der Waals surface area (Å²) < 4.78 is 22.4. The Morgan fingerprint density at radius 2 is 1.75 bits per heavy atom. The maximum atomic E-state index is 12.1. The van der Waals surface area contributed by atoms with Gasteiger partial charge in [0.15, 0.2) is 0 Å². The summed E-state index contributed by atoms with van der Waals surface area (Å²) in [7, 11) is -3.69. The second-order valence-electron chi connectivity index (χ2n) is 5.54. The Balaban J connectivity index is 1.59. The van der Waals surface area contributed by atoms with Crippen LogP contribution in [0.1, 0.15) is 11.1 Å². The highest BCUT2D eigenvalue weighted by atomic mass is 32.2. The molecule has 0 radical (unpaired) electrons. The van der Waals surface area contributed by atoms with E-state index in [2.05, 4.69) is 10.3 Å². The van der Waals surface area contributed by atoms with Crippen LogP contribution in [0.15, 0.2) is 59.6 Å². The molecule has 0 fully saturated rings. The first-order chi connectivity index (χ1) is 11.4. The van der Waals surface area contributed by atoms with E-state index in [1.54, 1.807) is 12.1 Å². The van der Waals surface area contributed by atoms with Crippen molar-refractivity contribution >= 4 is 26.8 Å². The van der Waals surface area contributed by atoms with Gasteiger partial charge in [0.05, 0.1) is 11.3 Å². The van der Waals surface area contributed by atoms with Gasteiger partial charge in [-0.25, -0.2) is 13.6 Å². The van der Waals surface area contributed by atoms with Crippen LogP contribution in [0.2, 0.25) is 0 Å². The van der Waals surface area contributed by atoms with Gasteiger partial charge in [-0.3, -0.25) is 4.79 Å². The lowest BCUT2D eigenvalue weighted by atomic mass is 10.1. The molecule has 4 N–H and O–H groups in total. The minimum Gasteiger partial charge on any atom is -0.361 e. The van der Waals surface area contributed by atoms with E-state index >= 15 is 0 Å². The van der Waals surface area contributed by atoms with Gasteiger partial charge in [0.25, 0.3) is 0 Å². The van der Waals surface area contributed by atoms with Crippen molar-refractivity contribution in [2.45, 2.75) is 17.9 Å². The van der Waals surface area contributed by atoms with Crippen LogP contribution in [0, 0.1) is 0 Å². The summed E-state index contributed by atoms with van der Waals surface area (Å²) in [5.74, 6) is -0.0968. The number of carbonyl (C=O) groups is 1. The van der Waals surface area contributed by atoms with E-state index in [-0.39, 0.29) is 17.2 Å². The highest BCUT2D eigenvalue weighted by Crippen LogP contribution is 2.14. The molecule has 3 rings (SSSR count). The smallest absolute Gasteiger partial charge is 0.238 e. The van der Waals surface area contributed by atoms with Gasteiger partial charge >= 0.3 is 0 Å². The Labute approximate surface area is 139 Å². The summed E-state index contributed by atoms with van der Waals surface area (Å²) in [4.78, 5) is 15.2. The number of aromatic amines is 1. The second-order valence-corrected chi connectivity index (χ2v) is 7.10. The Kier molecular flexibility index (Phi) is 4.37. The average Bonchev–Trinajstić information content (AvgIpc) is 3.00. The molecule has 124 valence electrons. The molecule has 3 aromatic rings. The predicted molar refractivity (Wildman–Crippen MR) is 91.7 cm³/mol. The van der Waals surface area contributed by atoms with Crippen LogP contribution < -0.4 is 10.5 Å². The molecule has 0 bridgehead atoms. The monoisotopic (exact) mass is 343 g/mol. The number of amides is 1. The quantitative estimate of drug-likeness (QED) is 0.656. The Hall–Kier alpha value is -2.64. The van der Waals surface area contributed by atoms with Gasteiger partial charge in [0, 0.05) is 18.3 Å². The van der Waals surface area contributed by atoms with Gasteiger partial charge in [0.1, 0.15) is 0 Å². The summed E-state index contributed by atoms with van der Waals surface area (Å²) in [6, 6.07) is 13.9. The summed E-state index contributed by atoms with van der Waals surface area (Å²) in [6.45, 7) is 0.329. The van der Waals surface area contributed by atoms with Crippen LogP contribution in [0.3, 0.4) is 0 Å². The molecule has 0 aliphatic carbocycles. The first-order valence-electron chi connectivity index (χ1n) is 7.36. The molecule has 0 aliphatic heterocycles. The largest absolute Gasteiger partial charge is 0.361 e. The van der Waals surface area contributed by atoms with Gasteiger partial charge in [-0.05, 0) is 46.8 Å². The molecule has 1 amide bonds. The summed E-state index contributed by atoms with van der Waals surface area (Å²) in [6.07, 6.45) is 2.15. The maximum Gasteiger partial charge on any atom is 0.238 e. The molecule has 0 saturated heterocycles. The van der Waals surface area contributed by atoms with E-state index in [0.717, 1.165) is 22.0 Å². The molecule has 0 atom stereocenters. The van der Waals surface area contributed by atoms with Crippen molar-refractivity contribution in [3.63, 3.8) is 0 Å². The van der Waals surface area contributed by atoms with E-state index < -0.39 is 10.0 Å². The summed E-state index contributed by atoms with van der Waals surface area (Å²) in [5.41, 5.74) is 2.77. The first kappa shape index (κ1) is 16.2. The molecule has 7 heteroatoms. The van der Waals surface area contributed by atoms with Crippen LogP contribution in [0.4, 0.5) is 0 Å². The fourth-order valence-corrected chi connectivity index (χ4v) is 2.97. The van der Waals surface area contributed by atoms with Crippen molar-refractivity contribution in [1.82, 2.24) is 10.3 Å². The standard InChI is InChI=1S/C17H17N3O3S/c18-24(22,23)15-4-1-12(2-5-15)11-20-17(21)10-13-3-6-16-14(9-13)7-8-19-16/h1-9,19H,10-11H2,(H,20,21)(H2,18,22,23). The number of carbonyl (C=O) groups excluding carboxylic acids is 1. The minimum absolute atomic E-state index is 0.0531. The molecule has 6 nitrogen and oxygen atoms in total. The molecule has 0 spiro atoms. The number of hydrogen-bond acceptors (Lipinski definition) is 3. The molecule has 0 aliphatic rings. The topological polar surface area (TPSA) is 105 Å². The number of H-pyrrole nitrogens is 1. The van der Waals surface area contributed by atoms with Crippen molar-refractivity contribution < 1.29 is 13.2 Å². The normalized spacial score (nSPS) is 11.5. The van der Waals surface area contributed by atoms with E-state index in [1.807, 2.05) is 30.5 Å². The van der Waals surface area contributed by atoms with Crippen LogP contribution in [0.25, 0.3) is 10.9 Å². The molecule has 1 heterocycles. The van der Waals surface area contributed by atoms with Gasteiger partial charge in [-0.1, -0.05) is 18.2 Å². The lowest BCUT2D eigenvalue weighted by Gasteiger charge is -2.06. The first-order valence-corrected chi connectivity index (χ1v) is 8.91. The third-order valence-electron chi connectivity index (χ3n) is 3.72. The third-order valence-corrected chi connectivity index (χ3v) is 4.65. The minimum atomic E-state index is -3.69. The zero-order valence-electron chi connectivity index (χ0n) is 12.8. The Morgan fingerprint density at radius 1 is 1.04 bits per heavy atom. The molecular formula is C17H17N3O3S. The molecule has 0 unspecified atom stereocenters. The highest BCUT2D eigenvalue weighted by Gasteiger charge is 2.08. The molecule has 1 aromatic heterocycles. The predicted octanol–water partition coefficient (Wildman–Crippen LogP) is 1.67. The zero-order valence-corrected chi connectivity index (χ0v) is 13.6. The Bertz CT molecular complexity index is 976. The van der Waals surface area contributed by atoms with Crippen molar-refractivity contribution in [3.8, 4) is 0 Å². The fourth-order valence-electron chi connectivity index (χ4n) is 2.46. The van der Waals surface area contributed by atoms with E-state index in [4.69, 9.17) is 5.14 Å². The van der Waals surface area contributed by atoms with Gasteiger partial charge in [-0.15, -0.1) is 0 Å². The van der Waals surface area contributed by atoms with Crippen molar-refractivity contribution in [3.05, 3.63) is 65.9 Å². The highest BCUT2D eigenvalue weighted by molar-refractivity contribution is 7.89. The van der Waals surface area contributed by atoms with Crippen LogP contribution >= 0.6 is 0 Å². The van der Waals surface area contributed by atoms with Crippen molar-refractivity contribution in [2.75, 3.05) is 0 Å². The number of aromatic nitrogens is 1. The number of hydrogen-bond donors (Lipinski definition) is 3. The van der Waals surface area contributed by atoms with Crippen LogP contribution in [-0.2, 0) is 27.8 Å². The van der Waals surface area contributed by atoms with Gasteiger partial charge in [-0.2, -0.15) is 0 Å². The average molecular weight is 343 g/mol. The molecular weight excluding hydrogens is 326 g/mol.